The van der Waals surface area contributed by atoms with Gasteiger partial charge in [-0.05, 0) is 223 Å². The van der Waals surface area contributed by atoms with E-state index < -0.39 is 0 Å². The Hall–Kier alpha value is -2.85. The van der Waals surface area contributed by atoms with Crippen LogP contribution in [0.15, 0.2) is 51.9 Å². The summed E-state index contributed by atoms with van der Waals surface area (Å²) >= 11 is 6.51. The van der Waals surface area contributed by atoms with Crippen molar-refractivity contribution < 1.29 is 4.70 Å². The van der Waals surface area contributed by atoms with Crippen LogP contribution in [0.2, 0.25) is 0 Å². The van der Waals surface area contributed by atoms with Crippen molar-refractivity contribution in [1.29, 1.82) is 5.26 Å². The topological polar surface area (TPSA) is 104 Å². The molecule has 0 saturated heterocycles. The van der Waals surface area contributed by atoms with Gasteiger partial charge in [0.25, 0.3) is 0 Å². The fourth-order valence-corrected chi connectivity index (χ4v) is 18.6. The second-order valence-corrected chi connectivity index (χ2v) is 29.1. The third-order valence-electron chi connectivity index (χ3n) is 20.0. The highest BCUT2D eigenvalue weighted by molar-refractivity contribution is 7.98. The highest BCUT2D eigenvalue weighted by Gasteiger charge is 2.59. The van der Waals surface area contributed by atoms with Gasteiger partial charge in [-0.25, -0.2) is 9.97 Å². The van der Waals surface area contributed by atoms with E-state index in [2.05, 4.69) is 95.8 Å². The molecule has 0 radical (unpaired) electrons. The number of thioether (sulfide) groups is 1. The number of nitriles is 1. The van der Waals surface area contributed by atoms with Gasteiger partial charge in [-0.2, -0.15) is 9.64 Å². The molecule has 14 rings (SSSR count). The molecule has 8 atom stereocenters. The monoisotopic (exact) mass is 1110 g/mol. The van der Waals surface area contributed by atoms with E-state index in [9.17, 15) is 0 Å². The van der Waals surface area contributed by atoms with Crippen LogP contribution in [0.3, 0.4) is 0 Å². The van der Waals surface area contributed by atoms with Crippen molar-refractivity contribution in [2.24, 2.45) is 68.7 Å². The molecule has 4 bridgehead atoms. The average molecular weight is 1110 g/mol. The molecule has 8 nitrogen and oxygen atoms in total. The van der Waals surface area contributed by atoms with Crippen LogP contribution in [-0.4, -0.2) is 48.1 Å². The van der Waals surface area contributed by atoms with Crippen LogP contribution in [-0.2, 0) is 12.8 Å². The van der Waals surface area contributed by atoms with Gasteiger partial charge in [0.1, 0.15) is 20.7 Å². The molecule has 1 aliphatic heterocycles. The number of fused-ring (bicyclic) bond motifs is 9. The minimum absolute atomic E-state index is 0. The first-order valence-electron chi connectivity index (χ1n) is 28.7. The highest BCUT2D eigenvalue weighted by Crippen LogP contribution is 2.67. The molecule has 9 aliphatic carbocycles. The number of allylic oxidation sites excluding steroid dienone is 1. The molecule has 12 heteroatoms. The fraction of sp³-hybridized carbons (Fsp3) is 0.750. The van der Waals surface area contributed by atoms with Gasteiger partial charge in [0.2, 0.25) is 0 Å². The zero-order valence-electron chi connectivity index (χ0n) is 46.8. The molecule has 0 spiro atoms. The number of aromatic nitrogens is 5. The largest absolute Gasteiger partial charge is 0.246 e. The maximum absolute atomic E-state index is 8.48. The second kappa shape index (κ2) is 28.5. The van der Waals surface area contributed by atoms with E-state index in [1.54, 1.807) is 55.2 Å². The van der Waals surface area contributed by atoms with Crippen LogP contribution < -0.4 is 0 Å². The summed E-state index contributed by atoms with van der Waals surface area (Å²) in [5, 5.41) is 26.2. The minimum atomic E-state index is 0. The Bertz CT molecular complexity index is 2460. The Balaban J connectivity index is 0.000000163. The number of hydrogen-bond acceptors (Lipinski definition) is 11. The fourth-order valence-electron chi connectivity index (χ4n) is 15.8. The SMILES string of the molecule is C.C.C.CC12CCCC1CCC2.CC1C2=C(CCC2)N=[N+]1CCC#N.CC1CC2(C)CCC1C2(C)C.CC1CC2C3CCC(C3)C2C1.CSc1nsc(C)n1.Cc1nc2c(s1)CCC2.Cc1nnc(-c2ccccc2)s1. The van der Waals surface area contributed by atoms with Gasteiger partial charge in [0.05, 0.1) is 23.2 Å². The molecule has 0 N–H and O–H groups in total. The van der Waals surface area contributed by atoms with E-state index in [1.165, 1.54) is 152 Å². The molecule has 3 aromatic heterocycles. The minimum Gasteiger partial charge on any atom is -0.246 e. The van der Waals surface area contributed by atoms with Crippen LogP contribution in [0, 0.1) is 95.7 Å². The third-order valence-corrected chi connectivity index (χ3v) is 23.2. The van der Waals surface area contributed by atoms with Crippen LogP contribution in [0.1, 0.15) is 218 Å². The lowest BCUT2D eigenvalue weighted by molar-refractivity contribution is -0.607. The summed E-state index contributed by atoms with van der Waals surface area (Å²) in [6, 6.07) is 12.7. The van der Waals surface area contributed by atoms with Crippen molar-refractivity contribution in [3.63, 3.8) is 0 Å². The predicted molar refractivity (Wildman–Crippen MR) is 328 cm³/mol. The molecule has 4 heterocycles. The van der Waals surface area contributed by atoms with E-state index in [0.717, 1.165) is 67.8 Å². The van der Waals surface area contributed by atoms with Crippen LogP contribution in [0.25, 0.3) is 10.6 Å². The smallest absolute Gasteiger partial charge is 0.200 e. The number of rotatable bonds is 4. The van der Waals surface area contributed by atoms with Gasteiger partial charge in [-0.15, -0.1) is 26.2 Å². The van der Waals surface area contributed by atoms with E-state index in [4.69, 9.17) is 5.26 Å². The molecule has 10 aliphatic rings. The summed E-state index contributed by atoms with van der Waals surface area (Å²) in [6.07, 6.45) is 31.5. The number of benzene rings is 1. The number of hydrogen-bond donors (Lipinski definition) is 0. The van der Waals surface area contributed by atoms with Gasteiger partial charge >= 0.3 is 0 Å². The summed E-state index contributed by atoms with van der Waals surface area (Å²) in [7, 11) is 0. The lowest BCUT2D eigenvalue weighted by Crippen LogP contribution is -2.26. The second-order valence-electron chi connectivity index (χ2n) is 24.9. The van der Waals surface area contributed by atoms with Crippen LogP contribution in [0.5, 0.6) is 0 Å². The molecule has 422 valence electrons. The maximum Gasteiger partial charge on any atom is 0.200 e. The van der Waals surface area contributed by atoms with E-state index in [0.29, 0.717) is 23.3 Å². The summed E-state index contributed by atoms with van der Waals surface area (Å²) < 4.78 is 6.09. The van der Waals surface area contributed by atoms with Crippen molar-refractivity contribution in [3.8, 4) is 16.6 Å². The average Bonchev–Trinajstić information content (AvgIpc) is 4.19. The molecule has 7 fully saturated rings. The third kappa shape index (κ3) is 15.1. The van der Waals surface area contributed by atoms with Crippen molar-refractivity contribution >= 4 is 46.0 Å². The summed E-state index contributed by atoms with van der Waals surface area (Å²) in [5.41, 5.74) is 7.44. The van der Waals surface area contributed by atoms with Crippen molar-refractivity contribution in [1.82, 2.24) is 24.5 Å². The van der Waals surface area contributed by atoms with Crippen molar-refractivity contribution in [2.45, 2.75) is 238 Å². The Morgan fingerprint density at radius 3 is 1.89 bits per heavy atom. The molecule has 7 saturated carbocycles. The Morgan fingerprint density at radius 1 is 0.737 bits per heavy atom. The quantitative estimate of drug-likeness (QED) is 0.148. The first-order chi connectivity index (χ1) is 35.0. The molecule has 76 heavy (non-hydrogen) atoms. The van der Waals surface area contributed by atoms with Gasteiger partial charge < -0.3 is 0 Å². The summed E-state index contributed by atoms with van der Waals surface area (Å²) in [6.45, 7) is 23.8. The first kappa shape index (κ1) is 64.0. The lowest BCUT2D eigenvalue weighted by atomic mass is 9.71. The predicted octanol–water partition coefficient (Wildman–Crippen LogP) is 19.7. The molecule has 0 amide bonds. The van der Waals surface area contributed by atoms with E-state index in [1.807, 2.05) is 61.8 Å². The van der Waals surface area contributed by atoms with Gasteiger partial charge in [0.15, 0.2) is 17.7 Å². The molecular formula is C64H103N8S4+. The number of nitrogens with zero attached hydrogens (tertiary/aromatic N) is 8. The van der Waals surface area contributed by atoms with Gasteiger partial charge in [0, 0.05) is 22.9 Å². The molecule has 1 aromatic carbocycles. The summed E-state index contributed by atoms with van der Waals surface area (Å²) in [4.78, 5) is 10.0. The van der Waals surface area contributed by atoms with Crippen molar-refractivity contribution in [2.75, 3.05) is 12.8 Å². The van der Waals surface area contributed by atoms with Crippen LogP contribution >= 0.6 is 46.0 Å². The Labute approximate surface area is 480 Å². The molecule has 8 unspecified atom stereocenters. The van der Waals surface area contributed by atoms with Gasteiger partial charge in [-0.3, -0.25) is 0 Å². The highest BCUT2D eigenvalue weighted by atomic mass is 32.2. The zero-order chi connectivity index (χ0) is 51.9. The van der Waals surface area contributed by atoms with E-state index in [-0.39, 0.29) is 22.3 Å². The number of aryl methyl sites for hydroxylation is 5. The number of thiazole rings is 1. The summed E-state index contributed by atoms with van der Waals surface area (Å²) in [5.74, 6) is 8.92. The standard InChI is InChI=1S/C11H18.C11H20.C10H14N3.C9H8N2S.C9H16.C7H9NS.C4H6N2S2.3CH4/c1-7-4-10-8-2-3-9(6-8)11(10)5-7;1-8-7-11(4)6-5-9(8)10(11,2)3;1-8-9-4-2-5-10(9)12-13(8)7-3-6-11;1-7-10-11-9(12-7)8-5-3-2-4-6-8;1-9-6-2-4-8(9)5-3-7-9;1-5-8-6-3-2-4-7(6)9-5;1-3-5-4(7-2)6-8-3;;;/h7-11H,2-6H2,1H3;8-9H,5-7H2,1-4H3;8H,2-5,7H2,1H3;2-6H,1H3;8H,2-7H2,1H3;2-4H2,1H3;1-2H3;3*1H4/q;;+1;;;;;;;. The van der Waals surface area contributed by atoms with Crippen LogP contribution in [0.4, 0.5) is 0 Å². The van der Waals surface area contributed by atoms with Crippen molar-refractivity contribution in [3.05, 3.63) is 67.2 Å². The first-order valence-corrected chi connectivity index (χ1v) is 32.4. The normalized spacial score (nSPS) is 31.3. The Kier molecular flexibility index (Phi) is 24.0. The Morgan fingerprint density at radius 2 is 1.41 bits per heavy atom. The maximum atomic E-state index is 8.48. The van der Waals surface area contributed by atoms with E-state index >= 15 is 0 Å². The zero-order valence-corrected chi connectivity index (χ0v) is 50.1. The molecular weight excluding hydrogens is 1010 g/mol. The van der Waals surface area contributed by atoms with Gasteiger partial charge in [-0.1, -0.05) is 130 Å². The number of azo groups is 2. The molecule has 4 aromatic rings. The lowest BCUT2D eigenvalue weighted by Gasteiger charge is -2.34.